The Morgan fingerprint density at radius 2 is 1.87 bits per heavy atom. The van der Waals surface area contributed by atoms with Gasteiger partial charge in [-0.3, -0.25) is 24.0 Å². The molecule has 0 radical (unpaired) electrons. The van der Waals surface area contributed by atoms with Gasteiger partial charge in [-0.1, -0.05) is 38.4 Å². The fraction of sp³-hybridized carbons (Fsp3) is 0.500. The molecule has 1 saturated heterocycles. The molecule has 1 saturated carbocycles. The lowest BCUT2D eigenvalue weighted by Gasteiger charge is -2.28. The third kappa shape index (κ3) is 9.21. The van der Waals surface area contributed by atoms with Gasteiger partial charge in [0.2, 0.25) is 23.5 Å². The fourth-order valence-corrected chi connectivity index (χ4v) is 4.41. The number of Topliss-reactive ketones (excluding diaryl/α,β-unsaturated/α-hetero) is 1. The normalized spacial score (nSPS) is 18.5. The highest BCUT2D eigenvalue weighted by atomic mass is 35.5. The van der Waals surface area contributed by atoms with Gasteiger partial charge in [-0.25, -0.2) is 0 Å². The smallest absolute Gasteiger partial charge is 0.289 e. The van der Waals surface area contributed by atoms with Gasteiger partial charge in [0.1, 0.15) is 12.1 Å². The van der Waals surface area contributed by atoms with E-state index in [-0.39, 0.29) is 35.8 Å². The van der Waals surface area contributed by atoms with Crippen LogP contribution in [-0.4, -0.2) is 54.1 Å². The maximum Gasteiger partial charge on any atom is 0.289 e. The number of nitriles is 1. The summed E-state index contributed by atoms with van der Waals surface area (Å²) in [5, 5.41) is 20.1. The lowest BCUT2D eigenvalue weighted by atomic mass is 9.87. The van der Waals surface area contributed by atoms with Crippen molar-refractivity contribution in [3.63, 3.8) is 0 Å². The van der Waals surface area contributed by atoms with Crippen molar-refractivity contribution in [3.8, 4) is 6.07 Å². The summed E-state index contributed by atoms with van der Waals surface area (Å²) >= 11 is 5.96. The van der Waals surface area contributed by atoms with Gasteiger partial charge in [0.05, 0.1) is 16.6 Å². The monoisotopic (exact) mass is 555 g/mol. The van der Waals surface area contributed by atoms with Gasteiger partial charge in [0.15, 0.2) is 0 Å². The zero-order chi connectivity index (χ0) is 28.7. The molecule has 3 atom stereocenters. The van der Waals surface area contributed by atoms with Gasteiger partial charge in [-0.05, 0) is 61.3 Å². The van der Waals surface area contributed by atoms with E-state index in [9.17, 15) is 24.0 Å². The Bertz CT molecular complexity index is 1210. The fourth-order valence-electron chi connectivity index (χ4n) is 4.25. The van der Waals surface area contributed by atoms with Crippen LogP contribution in [0.15, 0.2) is 24.3 Å². The Morgan fingerprint density at radius 1 is 1.15 bits per heavy atom. The van der Waals surface area contributed by atoms with Crippen LogP contribution in [0.5, 0.6) is 0 Å². The van der Waals surface area contributed by atoms with E-state index in [0.29, 0.717) is 23.6 Å². The molecule has 0 bridgehead atoms. The number of carbonyl (C=O) groups is 5. The lowest BCUT2D eigenvalue weighted by molar-refractivity contribution is -0.141. The summed E-state index contributed by atoms with van der Waals surface area (Å²) in [5.41, 5.74) is 0.470. The number of hydrogen-bond donors (Lipinski definition) is 4. The topological polar surface area (TPSA) is 157 Å². The first-order valence-corrected chi connectivity index (χ1v) is 13.3. The molecule has 4 N–H and O–H groups in total. The third-order valence-electron chi connectivity index (χ3n) is 6.44. The van der Waals surface area contributed by atoms with Crippen LogP contribution in [0.4, 0.5) is 0 Å². The van der Waals surface area contributed by atoms with Crippen molar-refractivity contribution in [1.29, 1.82) is 5.26 Å². The summed E-state index contributed by atoms with van der Waals surface area (Å²) in [6.07, 6.45) is 5.05. The van der Waals surface area contributed by atoms with Gasteiger partial charge >= 0.3 is 0 Å². The number of carbonyl (C=O) groups excluding carboxylic acids is 5. The molecule has 11 heteroatoms. The van der Waals surface area contributed by atoms with Gasteiger partial charge in [-0.2, -0.15) is 5.26 Å². The molecule has 1 aromatic carbocycles. The maximum atomic E-state index is 13.4. The van der Waals surface area contributed by atoms with Crippen molar-refractivity contribution in [2.75, 3.05) is 6.54 Å². The highest BCUT2D eigenvalue weighted by Crippen LogP contribution is 2.23. The first kappa shape index (κ1) is 29.8. The molecule has 0 aromatic heterocycles. The zero-order valence-electron chi connectivity index (χ0n) is 22.3. The van der Waals surface area contributed by atoms with E-state index in [1.807, 2.05) is 26.8 Å². The van der Waals surface area contributed by atoms with Crippen LogP contribution >= 0.6 is 11.6 Å². The predicted molar refractivity (Wildman–Crippen MR) is 145 cm³/mol. The molecular weight excluding hydrogens is 522 g/mol. The third-order valence-corrected chi connectivity index (χ3v) is 6.77. The van der Waals surface area contributed by atoms with E-state index in [2.05, 4.69) is 21.3 Å². The van der Waals surface area contributed by atoms with Crippen LogP contribution in [0.2, 0.25) is 5.02 Å². The number of ketones is 1. The molecule has 2 aliphatic rings. The number of hydrogen-bond acceptors (Lipinski definition) is 6. The highest BCUT2D eigenvalue weighted by Gasteiger charge is 2.37. The summed E-state index contributed by atoms with van der Waals surface area (Å²) < 4.78 is 0. The summed E-state index contributed by atoms with van der Waals surface area (Å²) in [6, 6.07) is 4.44. The number of rotatable bonds is 11. The Hall–Kier alpha value is -3.71. The second-order valence-electron chi connectivity index (χ2n) is 11.2. The molecule has 208 valence electrons. The molecule has 1 aliphatic heterocycles. The first-order valence-electron chi connectivity index (χ1n) is 13.0. The molecule has 2 unspecified atom stereocenters. The Balaban J connectivity index is 1.74. The highest BCUT2D eigenvalue weighted by molar-refractivity contribution is 6.38. The van der Waals surface area contributed by atoms with Crippen LogP contribution in [0, 0.1) is 22.7 Å². The minimum absolute atomic E-state index is 0.0115. The second kappa shape index (κ2) is 12.9. The lowest BCUT2D eigenvalue weighted by Crippen LogP contribution is -2.55. The Kier molecular flexibility index (Phi) is 9.86. The van der Waals surface area contributed by atoms with Crippen molar-refractivity contribution < 1.29 is 24.0 Å². The number of amides is 4. The molecule has 4 amide bonds. The molecule has 3 rings (SSSR count). The maximum absolute atomic E-state index is 13.4. The molecule has 10 nitrogen and oxygen atoms in total. The molecule has 39 heavy (non-hydrogen) atoms. The summed E-state index contributed by atoms with van der Waals surface area (Å²) in [6.45, 7) is 6.17. The van der Waals surface area contributed by atoms with E-state index in [0.717, 1.165) is 12.8 Å². The second-order valence-corrected chi connectivity index (χ2v) is 11.6. The number of benzene rings is 1. The Labute approximate surface area is 232 Å². The minimum atomic E-state index is -1.21. The largest absolute Gasteiger partial charge is 0.356 e. The summed E-state index contributed by atoms with van der Waals surface area (Å²) in [5.74, 6) is -3.52. The summed E-state index contributed by atoms with van der Waals surface area (Å²) in [7, 11) is 0. The molecule has 2 fully saturated rings. The van der Waals surface area contributed by atoms with Crippen molar-refractivity contribution in [2.45, 2.75) is 71.0 Å². The van der Waals surface area contributed by atoms with Crippen molar-refractivity contribution in [1.82, 2.24) is 21.3 Å². The average Bonchev–Trinajstić information content (AvgIpc) is 3.60. The molecule has 1 heterocycles. The SMILES string of the molecule is CC(C)(C)C[C@H](NC(=O)/C=C/c1ccc(Cl)c(C#N)c1)C(=O)NC(CC1CCNC1=O)C(=O)C(=O)NC1CC1. The van der Waals surface area contributed by atoms with Gasteiger partial charge in [0, 0.05) is 24.6 Å². The number of nitrogens with one attached hydrogen (secondary N) is 4. The summed E-state index contributed by atoms with van der Waals surface area (Å²) in [4.78, 5) is 63.9. The quantitative estimate of drug-likeness (QED) is 0.241. The number of halogens is 1. The predicted octanol–water partition coefficient (Wildman–Crippen LogP) is 2.00. The zero-order valence-corrected chi connectivity index (χ0v) is 23.1. The van der Waals surface area contributed by atoms with Crippen molar-refractivity contribution in [2.24, 2.45) is 11.3 Å². The molecule has 1 aliphatic carbocycles. The number of nitrogens with zero attached hydrogens (tertiary/aromatic N) is 1. The van der Waals surface area contributed by atoms with Crippen LogP contribution in [-0.2, 0) is 24.0 Å². The Morgan fingerprint density at radius 3 is 2.46 bits per heavy atom. The van der Waals surface area contributed by atoms with Crippen molar-refractivity contribution >= 4 is 47.1 Å². The van der Waals surface area contributed by atoms with Crippen LogP contribution in [0.25, 0.3) is 6.08 Å². The van der Waals surface area contributed by atoms with E-state index in [1.165, 1.54) is 18.2 Å². The van der Waals surface area contributed by atoms with Crippen LogP contribution in [0.1, 0.15) is 64.0 Å². The van der Waals surface area contributed by atoms with E-state index in [1.54, 1.807) is 12.1 Å². The minimum Gasteiger partial charge on any atom is -0.356 e. The van der Waals surface area contributed by atoms with Gasteiger partial charge in [0.25, 0.3) is 5.91 Å². The molecule has 0 spiro atoms. The van der Waals surface area contributed by atoms with Gasteiger partial charge < -0.3 is 21.3 Å². The average molecular weight is 556 g/mol. The first-order chi connectivity index (χ1) is 18.4. The van der Waals surface area contributed by atoms with Gasteiger partial charge in [-0.15, -0.1) is 0 Å². The van der Waals surface area contributed by atoms with Crippen molar-refractivity contribution in [3.05, 3.63) is 40.4 Å². The van der Waals surface area contributed by atoms with E-state index in [4.69, 9.17) is 16.9 Å². The molecular formula is C28H34ClN5O5. The van der Waals surface area contributed by atoms with Crippen LogP contribution in [0.3, 0.4) is 0 Å². The molecule has 1 aromatic rings. The van der Waals surface area contributed by atoms with Crippen LogP contribution < -0.4 is 21.3 Å². The van der Waals surface area contributed by atoms with E-state index < -0.39 is 41.5 Å². The standard InChI is InChI=1S/C28H34ClN5O5/c1-28(2,3)14-22(33-23(35)9-5-16-4-8-20(29)18(12-16)15-30)26(38)34-21(13-17-10-11-31-25(17)37)24(36)27(39)32-19-6-7-19/h4-5,8-9,12,17,19,21-22H,6-7,10-11,13-14H2,1-3H3,(H,31,37)(H,32,39)(H,33,35)(H,34,38)/b9-5+/t17?,21?,22-/m0/s1. The van der Waals surface area contributed by atoms with E-state index >= 15 is 0 Å².